The van der Waals surface area contributed by atoms with Gasteiger partial charge in [-0.1, -0.05) is 12.8 Å². The van der Waals surface area contributed by atoms with Crippen molar-refractivity contribution in [3.63, 3.8) is 0 Å². The largest absolute Gasteiger partial charge is 0.335 e. The molecule has 3 rings (SSSR count). The number of hydrogen-bond donors (Lipinski definition) is 1. The van der Waals surface area contributed by atoms with E-state index in [2.05, 4.69) is 5.32 Å². The van der Waals surface area contributed by atoms with Gasteiger partial charge in [0.15, 0.2) is 0 Å². The van der Waals surface area contributed by atoms with Crippen LogP contribution >= 0.6 is 24.2 Å². The zero-order valence-corrected chi connectivity index (χ0v) is 15.8. The molecule has 1 saturated heterocycles. The van der Waals surface area contributed by atoms with E-state index < -0.39 is 11.6 Å². The van der Waals surface area contributed by atoms with Gasteiger partial charge in [-0.05, 0) is 31.0 Å². The first-order chi connectivity index (χ1) is 11.6. The molecular formula is C18H25ClF2N2OS. The molecule has 1 aliphatic heterocycles. The Morgan fingerprint density at radius 2 is 2.04 bits per heavy atom. The van der Waals surface area contributed by atoms with E-state index in [1.54, 1.807) is 4.90 Å². The van der Waals surface area contributed by atoms with E-state index in [0.717, 1.165) is 55.9 Å². The first-order valence-electron chi connectivity index (χ1n) is 8.68. The number of carbonyl (C=O) groups excluding carboxylic acids is 1. The number of nitrogens with one attached hydrogen (secondary N) is 1. The van der Waals surface area contributed by atoms with Crippen LogP contribution in [0.4, 0.5) is 8.78 Å². The molecule has 1 aliphatic carbocycles. The SMILES string of the molecule is Cl.O=C(CC1CSCCN1)N(Cc1cc(F)ccc1F)C1CCCC1. The Morgan fingerprint density at radius 1 is 1.28 bits per heavy atom. The highest BCUT2D eigenvalue weighted by molar-refractivity contribution is 7.99. The molecule has 0 bridgehead atoms. The summed E-state index contributed by atoms with van der Waals surface area (Å²) < 4.78 is 27.5. The molecule has 1 aromatic rings. The van der Waals surface area contributed by atoms with Gasteiger partial charge in [-0.25, -0.2) is 8.78 Å². The number of halogens is 3. The van der Waals surface area contributed by atoms with Crippen molar-refractivity contribution in [2.24, 2.45) is 0 Å². The van der Waals surface area contributed by atoms with Gasteiger partial charge in [0.2, 0.25) is 5.91 Å². The molecule has 0 spiro atoms. The lowest BCUT2D eigenvalue weighted by molar-refractivity contribution is -0.134. The van der Waals surface area contributed by atoms with Crippen LogP contribution in [0, 0.1) is 11.6 Å². The molecule has 1 saturated carbocycles. The Balaban J connectivity index is 0.00000225. The van der Waals surface area contributed by atoms with Crippen molar-refractivity contribution < 1.29 is 13.6 Å². The average molecular weight is 391 g/mol. The minimum absolute atomic E-state index is 0. The standard InChI is InChI=1S/C18H24F2N2OS.ClH/c19-14-5-6-17(20)13(9-14)11-22(16-3-1-2-4-16)18(23)10-15-12-24-8-7-21-15;/h5-6,9,15-16,21H,1-4,7-8,10-12H2;1H. The molecule has 2 fully saturated rings. The fraction of sp³-hybridized carbons (Fsp3) is 0.611. The van der Waals surface area contributed by atoms with E-state index in [9.17, 15) is 13.6 Å². The normalized spacial score (nSPS) is 21.0. The van der Waals surface area contributed by atoms with Gasteiger partial charge in [0.25, 0.3) is 0 Å². The number of hydrogen-bond acceptors (Lipinski definition) is 3. The van der Waals surface area contributed by atoms with Crippen LogP contribution in [0.5, 0.6) is 0 Å². The fourth-order valence-corrected chi connectivity index (χ4v) is 4.51. The Bertz CT molecular complexity index is 578. The number of carbonyl (C=O) groups is 1. The predicted octanol–water partition coefficient (Wildman–Crippen LogP) is 3.75. The van der Waals surface area contributed by atoms with Crippen LogP contribution in [0.15, 0.2) is 18.2 Å². The van der Waals surface area contributed by atoms with Crippen LogP contribution in [-0.2, 0) is 11.3 Å². The number of thioether (sulfide) groups is 1. The van der Waals surface area contributed by atoms with E-state index in [0.29, 0.717) is 6.42 Å². The molecule has 3 nitrogen and oxygen atoms in total. The zero-order chi connectivity index (χ0) is 16.9. The minimum Gasteiger partial charge on any atom is -0.335 e. The summed E-state index contributed by atoms with van der Waals surface area (Å²) >= 11 is 1.85. The highest BCUT2D eigenvalue weighted by Gasteiger charge is 2.29. The summed E-state index contributed by atoms with van der Waals surface area (Å²) in [6, 6.07) is 3.79. The summed E-state index contributed by atoms with van der Waals surface area (Å²) in [6.07, 6.45) is 4.53. The maximum Gasteiger partial charge on any atom is 0.224 e. The zero-order valence-electron chi connectivity index (χ0n) is 14.2. The Hall–Kier alpha value is -0.850. The van der Waals surface area contributed by atoms with Crippen LogP contribution in [0.25, 0.3) is 0 Å². The van der Waals surface area contributed by atoms with E-state index in [1.165, 1.54) is 6.07 Å². The van der Waals surface area contributed by atoms with Crippen LogP contribution in [0.3, 0.4) is 0 Å². The number of nitrogens with zero attached hydrogens (tertiary/aromatic N) is 1. The van der Waals surface area contributed by atoms with Gasteiger partial charge in [-0.15, -0.1) is 12.4 Å². The molecule has 1 amide bonds. The summed E-state index contributed by atoms with van der Waals surface area (Å²) in [4.78, 5) is 14.6. The monoisotopic (exact) mass is 390 g/mol. The van der Waals surface area contributed by atoms with Crippen LogP contribution in [0.1, 0.15) is 37.7 Å². The van der Waals surface area contributed by atoms with Gasteiger partial charge >= 0.3 is 0 Å². The number of amides is 1. The van der Waals surface area contributed by atoms with Gasteiger partial charge < -0.3 is 10.2 Å². The molecule has 2 aliphatic rings. The van der Waals surface area contributed by atoms with E-state index >= 15 is 0 Å². The van der Waals surface area contributed by atoms with Crippen molar-refractivity contribution >= 4 is 30.1 Å². The van der Waals surface area contributed by atoms with Crippen molar-refractivity contribution in [3.8, 4) is 0 Å². The topological polar surface area (TPSA) is 32.3 Å². The summed E-state index contributed by atoms with van der Waals surface area (Å²) in [7, 11) is 0. The van der Waals surface area contributed by atoms with Gasteiger partial charge in [0, 0.05) is 48.7 Å². The van der Waals surface area contributed by atoms with Gasteiger partial charge in [-0.3, -0.25) is 4.79 Å². The molecule has 1 N–H and O–H groups in total. The Labute approximate surface area is 158 Å². The fourth-order valence-electron chi connectivity index (χ4n) is 3.56. The first kappa shape index (κ1) is 20.5. The predicted molar refractivity (Wildman–Crippen MR) is 100 cm³/mol. The van der Waals surface area contributed by atoms with Crippen molar-refractivity contribution in [2.45, 2.75) is 50.7 Å². The molecule has 0 radical (unpaired) electrons. The Kier molecular flexibility index (Phi) is 7.97. The lowest BCUT2D eigenvalue weighted by atomic mass is 10.1. The number of rotatable bonds is 5. The third-order valence-corrected chi connectivity index (χ3v) is 5.98. The molecule has 140 valence electrons. The maximum atomic E-state index is 14.0. The second-order valence-electron chi connectivity index (χ2n) is 6.63. The molecule has 0 aromatic heterocycles. The van der Waals surface area contributed by atoms with Crippen molar-refractivity contribution in [1.29, 1.82) is 0 Å². The second-order valence-corrected chi connectivity index (χ2v) is 7.78. The van der Waals surface area contributed by atoms with Crippen LogP contribution in [0.2, 0.25) is 0 Å². The summed E-state index contributed by atoms with van der Waals surface area (Å²) in [5.41, 5.74) is 0.265. The lowest BCUT2D eigenvalue weighted by Gasteiger charge is -2.32. The van der Waals surface area contributed by atoms with Gasteiger partial charge in [0.1, 0.15) is 11.6 Å². The third-order valence-electron chi connectivity index (χ3n) is 4.85. The molecule has 1 aromatic carbocycles. The van der Waals surface area contributed by atoms with E-state index in [4.69, 9.17) is 0 Å². The van der Waals surface area contributed by atoms with Crippen molar-refractivity contribution in [1.82, 2.24) is 10.2 Å². The van der Waals surface area contributed by atoms with Gasteiger partial charge in [0.05, 0.1) is 0 Å². The quantitative estimate of drug-likeness (QED) is 0.831. The molecular weight excluding hydrogens is 366 g/mol. The molecule has 1 unspecified atom stereocenters. The number of benzene rings is 1. The third kappa shape index (κ3) is 5.56. The summed E-state index contributed by atoms with van der Waals surface area (Å²) in [5.74, 6) is 1.14. The lowest BCUT2D eigenvalue weighted by Crippen LogP contribution is -2.45. The Morgan fingerprint density at radius 3 is 2.72 bits per heavy atom. The van der Waals surface area contributed by atoms with Gasteiger partial charge in [-0.2, -0.15) is 11.8 Å². The summed E-state index contributed by atoms with van der Waals surface area (Å²) in [5, 5.41) is 3.38. The van der Waals surface area contributed by atoms with Crippen LogP contribution in [-0.4, -0.2) is 40.9 Å². The highest BCUT2D eigenvalue weighted by Crippen LogP contribution is 2.27. The summed E-state index contributed by atoms with van der Waals surface area (Å²) in [6.45, 7) is 1.08. The molecule has 25 heavy (non-hydrogen) atoms. The van der Waals surface area contributed by atoms with Crippen LogP contribution < -0.4 is 5.32 Å². The van der Waals surface area contributed by atoms with Crippen molar-refractivity contribution in [2.75, 3.05) is 18.1 Å². The van der Waals surface area contributed by atoms with Crippen molar-refractivity contribution in [3.05, 3.63) is 35.4 Å². The molecule has 1 heterocycles. The average Bonchev–Trinajstić information content (AvgIpc) is 3.10. The molecule has 1 atom stereocenters. The molecule has 7 heteroatoms. The smallest absolute Gasteiger partial charge is 0.224 e. The first-order valence-corrected chi connectivity index (χ1v) is 9.83. The van der Waals surface area contributed by atoms with E-state index in [1.807, 2.05) is 11.8 Å². The highest BCUT2D eigenvalue weighted by atomic mass is 35.5. The minimum atomic E-state index is -0.462. The second kappa shape index (κ2) is 9.74. The van der Waals surface area contributed by atoms with E-state index in [-0.39, 0.29) is 42.5 Å². The maximum absolute atomic E-state index is 14.0.